The molecule has 0 bridgehead atoms. The Kier molecular flexibility index (Phi) is 3.61. The summed E-state index contributed by atoms with van der Waals surface area (Å²) in [6.07, 6.45) is 4.48. The minimum atomic E-state index is -0.837. The third-order valence-electron chi connectivity index (χ3n) is 5.42. The molecule has 0 aromatic heterocycles. The zero-order valence-electron chi connectivity index (χ0n) is 13.6. The van der Waals surface area contributed by atoms with E-state index in [1.54, 1.807) is 6.08 Å². The molecule has 2 aromatic carbocycles. The Morgan fingerprint density at radius 3 is 2.79 bits per heavy atom. The first-order valence-electron chi connectivity index (χ1n) is 8.52. The van der Waals surface area contributed by atoms with Crippen LogP contribution in [0.2, 0.25) is 0 Å². The summed E-state index contributed by atoms with van der Waals surface area (Å²) in [6, 6.07) is 13.6. The van der Waals surface area contributed by atoms with Gasteiger partial charge in [-0.25, -0.2) is 0 Å². The lowest BCUT2D eigenvalue weighted by molar-refractivity contribution is -0.0429. The largest absolute Gasteiger partial charge is 0.508 e. The topological polar surface area (TPSA) is 49.7 Å². The first-order chi connectivity index (χ1) is 11.6. The fourth-order valence-electron chi connectivity index (χ4n) is 4.15. The van der Waals surface area contributed by atoms with Gasteiger partial charge in [0, 0.05) is 23.5 Å². The quantitative estimate of drug-likeness (QED) is 0.839. The Morgan fingerprint density at radius 1 is 1.25 bits per heavy atom. The second kappa shape index (κ2) is 5.67. The predicted octanol–water partition coefficient (Wildman–Crippen LogP) is 4.04. The number of fused-ring (bicyclic) bond motifs is 3. The molecule has 3 nitrogen and oxygen atoms in total. The molecule has 3 heteroatoms. The van der Waals surface area contributed by atoms with E-state index in [9.17, 15) is 10.2 Å². The Morgan fingerprint density at radius 2 is 2.04 bits per heavy atom. The summed E-state index contributed by atoms with van der Waals surface area (Å²) in [5.74, 6) is 1.39. The molecule has 1 saturated carbocycles. The van der Waals surface area contributed by atoms with Crippen LogP contribution < -0.4 is 4.74 Å². The third kappa shape index (κ3) is 2.40. The summed E-state index contributed by atoms with van der Waals surface area (Å²) in [7, 11) is 0. The smallest absolute Gasteiger partial charge is 0.123 e. The Hall–Kier alpha value is -2.26. The molecule has 1 aliphatic heterocycles. The lowest BCUT2D eigenvalue weighted by Gasteiger charge is -2.38. The molecule has 0 saturated heterocycles. The molecule has 24 heavy (non-hydrogen) atoms. The molecular weight excluding hydrogens is 300 g/mol. The van der Waals surface area contributed by atoms with Gasteiger partial charge in [-0.05, 0) is 37.0 Å². The van der Waals surface area contributed by atoms with Gasteiger partial charge in [-0.1, -0.05) is 36.4 Å². The van der Waals surface area contributed by atoms with E-state index in [-0.39, 0.29) is 12.0 Å². The molecule has 2 N–H and O–H groups in total. The van der Waals surface area contributed by atoms with Crippen LogP contribution in [-0.2, 0) is 12.0 Å². The summed E-state index contributed by atoms with van der Waals surface area (Å²) < 4.78 is 6.16. The van der Waals surface area contributed by atoms with Gasteiger partial charge in [0.1, 0.15) is 17.6 Å². The molecule has 2 aliphatic rings. The van der Waals surface area contributed by atoms with Crippen LogP contribution in [-0.4, -0.2) is 16.3 Å². The third-order valence-corrected chi connectivity index (χ3v) is 5.42. The van der Waals surface area contributed by atoms with E-state index in [1.165, 1.54) is 0 Å². The van der Waals surface area contributed by atoms with E-state index in [0.29, 0.717) is 25.0 Å². The summed E-state index contributed by atoms with van der Waals surface area (Å²) in [5.41, 5.74) is 2.02. The van der Waals surface area contributed by atoms with Crippen LogP contribution in [0.25, 0.3) is 0 Å². The van der Waals surface area contributed by atoms with Gasteiger partial charge in [0.25, 0.3) is 0 Å². The van der Waals surface area contributed by atoms with Gasteiger partial charge in [0.05, 0.1) is 5.60 Å². The highest BCUT2D eigenvalue weighted by Gasteiger charge is 2.46. The summed E-state index contributed by atoms with van der Waals surface area (Å²) in [4.78, 5) is 0. The van der Waals surface area contributed by atoms with Crippen molar-refractivity contribution in [1.82, 2.24) is 0 Å². The number of aromatic hydroxyl groups is 1. The Bertz CT molecular complexity index is 768. The molecule has 1 aliphatic carbocycles. The maximum Gasteiger partial charge on any atom is 0.123 e. The van der Waals surface area contributed by atoms with Gasteiger partial charge in [0.15, 0.2) is 0 Å². The molecule has 0 amide bonds. The number of hydrogen-bond acceptors (Lipinski definition) is 3. The number of phenols is 1. The molecular formula is C21H22O3. The van der Waals surface area contributed by atoms with E-state index in [4.69, 9.17) is 4.74 Å². The van der Waals surface area contributed by atoms with E-state index in [0.717, 1.165) is 28.9 Å². The zero-order valence-corrected chi connectivity index (χ0v) is 13.6. The SMILES string of the molecule is C=CCc1cc2c(cc1O)C1CCC(O)(c3ccccc3)CC1O2. The van der Waals surface area contributed by atoms with Crippen LogP contribution in [0.1, 0.15) is 41.9 Å². The number of phenolic OH excluding ortho intramolecular Hbond substituents is 1. The average molecular weight is 322 g/mol. The normalized spacial score (nSPS) is 27.9. The molecule has 1 fully saturated rings. The number of benzene rings is 2. The van der Waals surface area contributed by atoms with Crippen molar-refractivity contribution >= 4 is 0 Å². The molecule has 1 heterocycles. The van der Waals surface area contributed by atoms with Gasteiger partial charge in [-0.2, -0.15) is 0 Å². The Balaban J connectivity index is 1.63. The second-order valence-corrected chi connectivity index (χ2v) is 6.91. The number of ether oxygens (including phenoxy) is 1. The highest BCUT2D eigenvalue weighted by atomic mass is 16.5. The van der Waals surface area contributed by atoms with E-state index < -0.39 is 5.60 Å². The van der Waals surface area contributed by atoms with Crippen LogP contribution in [0.4, 0.5) is 0 Å². The maximum atomic E-state index is 11.1. The average Bonchev–Trinajstić information content (AvgIpc) is 2.92. The van der Waals surface area contributed by atoms with Crippen LogP contribution in [0.15, 0.2) is 55.1 Å². The highest BCUT2D eigenvalue weighted by Crippen LogP contribution is 2.52. The maximum absolute atomic E-state index is 11.1. The van der Waals surface area contributed by atoms with Crippen LogP contribution in [0.5, 0.6) is 11.5 Å². The van der Waals surface area contributed by atoms with Gasteiger partial charge in [0.2, 0.25) is 0 Å². The van der Waals surface area contributed by atoms with Gasteiger partial charge in [-0.15, -0.1) is 6.58 Å². The van der Waals surface area contributed by atoms with Crippen LogP contribution >= 0.6 is 0 Å². The van der Waals surface area contributed by atoms with E-state index in [1.807, 2.05) is 42.5 Å². The number of aliphatic hydroxyl groups is 1. The van der Waals surface area contributed by atoms with E-state index in [2.05, 4.69) is 6.58 Å². The van der Waals surface area contributed by atoms with Crippen molar-refractivity contribution in [3.8, 4) is 11.5 Å². The molecule has 124 valence electrons. The lowest BCUT2D eigenvalue weighted by Crippen LogP contribution is -2.39. The monoisotopic (exact) mass is 322 g/mol. The molecule has 0 radical (unpaired) electrons. The molecule has 4 rings (SSSR count). The predicted molar refractivity (Wildman–Crippen MR) is 93.4 cm³/mol. The molecule has 3 unspecified atom stereocenters. The van der Waals surface area contributed by atoms with Gasteiger partial charge in [-0.3, -0.25) is 0 Å². The fourth-order valence-corrected chi connectivity index (χ4v) is 4.15. The van der Waals surface area contributed by atoms with Crippen molar-refractivity contribution in [2.24, 2.45) is 0 Å². The number of allylic oxidation sites excluding steroid dienone is 1. The number of hydrogen-bond donors (Lipinski definition) is 2. The van der Waals surface area contributed by atoms with Gasteiger partial charge >= 0.3 is 0 Å². The highest BCUT2D eigenvalue weighted by molar-refractivity contribution is 5.51. The Labute approximate surface area is 142 Å². The van der Waals surface area contributed by atoms with Crippen LogP contribution in [0.3, 0.4) is 0 Å². The summed E-state index contributed by atoms with van der Waals surface area (Å²) in [5, 5.41) is 21.3. The van der Waals surface area contributed by atoms with Crippen LogP contribution in [0, 0.1) is 0 Å². The van der Waals surface area contributed by atoms with Crippen molar-refractivity contribution in [3.63, 3.8) is 0 Å². The minimum absolute atomic E-state index is 0.0441. The molecule has 0 spiro atoms. The van der Waals surface area contributed by atoms with Crippen molar-refractivity contribution in [2.75, 3.05) is 0 Å². The first-order valence-corrected chi connectivity index (χ1v) is 8.52. The van der Waals surface area contributed by atoms with Crippen molar-refractivity contribution < 1.29 is 14.9 Å². The molecule has 3 atom stereocenters. The molecule has 2 aromatic rings. The second-order valence-electron chi connectivity index (χ2n) is 6.91. The standard InChI is InChI=1S/C21H22O3/c1-2-6-14-11-19-17(12-18(14)22)16-9-10-21(23,13-20(16)24-19)15-7-4-3-5-8-15/h2-5,7-8,11-12,16,20,22-23H,1,6,9-10,13H2. The first kappa shape index (κ1) is 15.3. The van der Waals surface area contributed by atoms with Gasteiger partial charge < -0.3 is 14.9 Å². The zero-order chi connectivity index (χ0) is 16.7. The van der Waals surface area contributed by atoms with Crippen molar-refractivity contribution in [1.29, 1.82) is 0 Å². The van der Waals surface area contributed by atoms with Crippen molar-refractivity contribution in [3.05, 3.63) is 71.8 Å². The minimum Gasteiger partial charge on any atom is -0.508 e. The summed E-state index contributed by atoms with van der Waals surface area (Å²) >= 11 is 0. The summed E-state index contributed by atoms with van der Waals surface area (Å²) in [6.45, 7) is 3.73. The lowest BCUT2D eigenvalue weighted by atomic mass is 9.72. The van der Waals surface area contributed by atoms with E-state index >= 15 is 0 Å². The number of rotatable bonds is 3. The van der Waals surface area contributed by atoms with Crippen molar-refractivity contribution in [2.45, 2.75) is 43.3 Å². The fraction of sp³-hybridized carbons (Fsp3) is 0.333.